The van der Waals surface area contributed by atoms with E-state index in [1.165, 1.54) is 0 Å². The first-order valence-electron chi connectivity index (χ1n) is 6.21. The van der Waals surface area contributed by atoms with Crippen LogP contribution in [0.3, 0.4) is 0 Å². The first-order valence-corrected chi connectivity index (χ1v) is 6.21. The van der Waals surface area contributed by atoms with Crippen LogP contribution < -0.4 is 0 Å². The molecule has 92 valence electrons. The van der Waals surface area contributed by atoms with E-state index in [0.717, 1.165) is 38.3 Å². The molecule has 1 atom stereocenters. The quantitative estimate of drug-likeness (QED) is 0.789. The standard InChI is InChI=1S/C12H19N5/c1-10(2)7-17-12(14-9-15-17)8-16-5-3-4-11(16)6-13/h9-11H,3-5,7-8H2,1-2H3. The molecule has 5 heteroatoms. The minimum atomic E-state index is 0.0548. The lowest BCUT2D eigenvalue weighted by Gasteiger charge is -2.18. The van der Waals surface area contributed by atoms with E-state index in [2.05, 4.69) is 34.9 Å². The van der Waals surface area contributed by atoms with Crippen molar-refractivity contribution in [3.63, 3.8) is 0 Å². The maximum Gasteiger partial charge on any atom is 0.141 e. The SMILES string of the molecule is CC(C)Cn1ncnc1CN1CCCC1C#N. The lowest BCUT2D eigenvalue weighted by molar-refractivity contribution is 0.270. The highest BCUT2D eigenvalue weighted by Crippen LogP contribution is 2.18. The van der Waals surface area contributed by atoms with Crippen LogP contribution in [-0.4, -0.2) is 32.3 Å². The second-order valence-corrected chi connectivity index (χ2v) is 5.01. The molecule has 1 aromatic heterocycles. The van der Waals surface area contributed by atoms with Crippen LogP contribution in [0.1, 0.15) is 32.5 Å². The normalized spacial score (nSPS) is 20.9. The van der Waals surface area contributed by atoms with Crippen molar-refractivity contribution in [2.45, 2.75) is 45.8 Å². The van der Waals surface area contributed by atoms with Gasteiger partial charge >= 0.3 is 0 Å². The molecule has 1 fully saturated rings. The lowest BCUT2D eigenvalue weighted by atomic mass is 10.2. The van der Waals surface area contributed by atoms with Gasteiger partial charge in [0.25, 0.3) is 0 Å². The molecule has 1 unspecified atom stereocenters. The van der Waals surface area contributed by atoms with Crippen molar-refractivity contribution in [1.82, 2.24) is 19.7 Å². The van der Waals surface area contributed by atoms with E-state index in [1.807, 2.05) is 4.68 Å². The minimum absolute atomic E-state index is 0.0548. The van der Waals surface area contributed by atoms with Crippen LogP contribution in [-0.2, 0) is 13.1 Å². The zero-order chi connectivity index (χ0) is 12.3. The Hall–Kier alpha value is -1.41. The minimum Gasteiger partial charge on any atom is -0.281 e. The predicted octanol–water partition coefficient (Wildman–Crippen LogP) is 1.42. The van der Waals surface area contributed by atoms with Crippen LogP contribution in [0.5, 0.6) is 0 Å². The van der Waals surface area contributed by atoms with Crippen LogP contribution in [0.25, 0.3) is 0 Å². The second-order valence-electron chi connectivity index (χ2n) is 5.01. The van der Waals surface area contributed by atoms with Gasteiger partial charge in [0.05, 0.1) is 18.7 Å². The number of rotatable bonds is 4. The smallest absolute Gasteiger partial charge is 0.141 e. The summed E-state index contributed by atoms with van der Waals surface area (Å²) in [5, 5.41) is 13.3. The number of hydrogen-bond acceptors (Lipinski definition) is 4. The van der Waals surface area contributed by atoms with E-state index >= 15 is 0 Å². The van der Waals surface area contributed by atoms with Crippen LogP contribution in [0.2, 0.25) is 0 Å². The van der Waals surface area contributed by atoms with Crippen molar-refractivity contribution in [2.75, 3.05) is 6.54 Å². The van der Waals surface area contributed by atoms with Crippen LogP contribution >= 0.6 is 0 Å². The van der Waals surface area contributed by atoms with Crippen LogP contribution in [0.15, 0.2) is 6.33 Å². The summed E-state index contributed by atoms with van der Waals surface area (Å²) in [5.74, 6) is 1.53. The van der Waals surface area contributed by atoms with Gasteiger partial charge in [0.2, 0.25) is 0 Å². The fourth-order valence-electron chi connectivity index (χ4n) is 2.25. The van der Waals surface area contributed by atoms with Gasteiger partial charge in [0, 0.05) is 6.54 Å². The van der Waals surface area contributed by atoms with E-state index < -0.39 is 0 Å². The molecule has 17 heavy (non-hydrogen) atoms. The molecule has 1 aromatic rings. The Labute approximate surface area is 102 Å². The van der Waals surface area contributed by atoms with Gasteiger partial charge in [-0.25, -0.2) is 9.67 Å². The monoisotopic (exact) mass is 233 g/mol. The fraction of sp³-hybridized carbons (Fsp3) is 0.750. The van der Waals surface area contributed by atoms with Gasteiger partial charge in [-0.05, 0) is 25.3 Å². The Morgan fingerprint density at radius 1 is 1.59 bits per heavy atom. The maximum atomic E-state index is 9.05. The van der Waals surface area contributed by atoms with Crippen molar-refractivity contribution in [2.24, 2.45) is 5.92 Å². The summed E-state index contributed by atoms with van der Waals surface area (Å²) >= 11 is 0. The summed E-state index contributed by atoms with van der Waals surface area (Å²) < 4.78 is 1.96. The molecule has 0 saturated carbocycles. The third-order valence-corrected chi connectivity index (χ3v) is 3.09. The molecule has 1 aliphatic heterocycles. The molecule has 2 rings (SSSR count). The van der Waals surface area contributed by atoms with E-state index in [-0.39, 0.29) is 6.04 Å². The summed E-state index contributed by atoms with van der Waals surface area (Å²) in [4.78, 5) is 6.50. The highest BCUT2D eigenvalue weighted by Gasteiger charge is 2.25. The molecular weight excluding hydrogens is 214 g/mol. The zero-order valence-corrected chi connectivity index (χ0v) is 10.5. The van der Waals surface area contributed by atoms with Crippen molar-refractivity contribution in [1.29, 1.82) is 5.26 Å². The molecular formula is C12H19N5. The Morgan fingerprint density at radius 2 is 2.41 bits per heavy atom. The highest BCUT2D eigenvalue weighted by atomic mass is 15.4. The van der Waals surface area contributed by atoms with E-state index in [4.69, 9.17) is 5.26 Å². The van der Waals surface area contributed by atoms with Crippen LogP contribution in [0, 0.1) is 17.2 Å². The van der Waals surface area contributed by atoms with Gasteiger partial charge in [0.1, 0.15) is 12.2 Å². The van der Waals surface area contributed by atoms with Crippen molar-refractivity contribution >= 4 is 0 Å². The van der Waals surface area contributed by atoms with Crippen molar-refractivity contribution in [3.05, 3.63) is 12.2 Å². The molecule has 0 radical (unpaired) electrons. The van der Waals surface area contributed by atoms with E-state index in [1.54, 1.807) is 6.33 Å². The van der Waals surface area contributed by atoms with Crippen molar-refractivity contribution in [3.8, 4) is 6.07 Å². The maximum absolute atomic E-state index is 9.05. The molecule has 1 saturated heterocycles. The molecule has 0 N–H and O–H groups in total. The average Bonchev–Trinajstić information content (AvgIpc) is 2.88. The fourth-order valence-corrected chi connectivity index (χ4v) is 2.25. The summed E-state index contributed by atoms with van der Waals surface area (Å²) in [7, 11) is 0. The molecule has 1 aliphatic rings. The molecule has 0 amide bonds. The third kappa shape index (κ3) is 2.83. The Kier molecular flexibility index (Phi) is 3.75. The summed E-state index contributed by atoms with van der Waals surface area (Å²) in [6, 6.07) is 2.41. The highest BCUT2D eigenvalue weighted by molar-refractivity contribution is 4.98. The Morgan fingerprint density at radius 3 is 3.12 bits per heavy atom. The number of hydrogen-bond donors (Lipinski definition) is 0. The third-order valence-electron chi connectivity index (χ3n) is 3.09. The van der Waals surface area contributed by atoms with E-state index in [9.17, 15) is 0 Å². The predicted molar refractivity (Wildman–Crippen MR) is 63.9 cm³/mol. The van der Waals surface area contributed by atoms with Crippen LogP contribution in [0.4, 0.5) is 0 Å². The first kappa shape index (κ1) is 12.1. The van der Waals surface area contributed by atoms with Gasteiger partial charge < -0.3 is 0 Å². The number of likely N-dealkylation sites (tertiary alicyclic amines) is 1. The van der Waals surface area contributed by atoms with Gasteiger partial charge in [-0.1, -0.05) is 13.8 Å². The van der Waals surface area contributed by atoms with E-state index in [0.29, 0.717) is 5.92 Å². The summed E-state index contributed by atoms with van der Waals surface area (Å²) in [5.41, 5.74) is 0. The Balaban J connectivity index is 2.03. The molecule has 2 heterocycles. The first-order chi connectivity index (χ1) is 8.20. The molecule has 0 aromatic carbocycles. The van der Waals surface area contributed by atoms with Gasteiger partial charge in [-0.2, -0.15) is 10.4 Å². The molecule has 5 nitrogen and oxygen atoms in total. The lowest BCUT2D eigenvalue weighted by Crippen LogP contribution is -2.29. The average molecular weight is 233 g/mol. The number of nitrogens with zero attached hydrogens (tertiary/aromatic N) is 5. The van der Waals surface area contributed by atoms with Crippen molar-refractivity contribution < 1.29 is 0 Å². The summed E-state index contributed by atoms with van der Waals surface area (Å²) in [6.45, 7) is 6.96. The van der Waals surface area contributed by atoms with Gasteiger partial charge in [-0.15, -0.1) is 0 Å². The molecule has 0 bridgehead atoms. The van der Waals surface area contributed by atoms with Gasteiger partial charge in [0.15, 0.2) is 0 Å². The number of nitriles is 1. The number of aromatic nitrogens is 3. The summed E-state index contributed by atoms with van der Waals surface area (Å²) in [6.07, 6.45) is 3.69. The zero-order valence-electron chi connectivity index (χ0n) is 10.5. The molecule has 0 aliphatic carbocycles. The Bertz CT molecular complexity index is 403. The largest absolute Gasteiger partial charge is 0.281 e. The second kappa shape index (κ2) is 5.28. The topological polar surface area (TPSA) is 57.7 Å². The molecule has 0 spiro atoms. The van der Waals surface area contributed by atoms with Gasteiger partial charge in [-0.3, -0.25) is 4.90 Å².